The van der Waals surface area contributed by atoms with E-state index in [0.29, 0.717) is 23.2 Å². The summed E-state index contributed by atoms with van der Waals surface area (Å²) in [6, 6.07) is 4.14. The molecule has 4 aliphatic carbocycles. The van der Waals surface area contributed by atoms with E-state index in [1.807, 2.05) is 6.21 Å². The lowest BCUT2D eigenvalue weighted by Gasteiger charge is -2.53. The molecule has 1 aromatic carbocycles. The van der Waals surface area contributed by atoms with E-state index in [9.17, 15) is 20.1 Å². The van der Waals surface area contributed by atoms with Crippen molar-refractivity contribution in [3.63, 3.8) is 0 Å². The van der Waals surface area contributed by atoms with Crippen LogP contribution in [0, 0.1) is 66.8 Å². The second-order valence-corrected chi connectivity index (χ2v) is 15.0. The number of nitrogens with one attached hydrogen (secondary N) is 1. The first-order chi connectivity index (χ1) is 19.4. The van der Waals surface area contributed by atoms with E-state index in [1.165, 1.54) is 69.6 Å². The molecule has 8 nitrogen and oxygen atoms in total. The van der Waals surface area contributed by atoms with E-state index in [2.05, 4.69) is 50.3 Å². The normalized spacial score (nSPS) is 39.9. The number of hydrogen-bond acceptors (Lipinski definition) is 7. The topological polar surface area (TPSA) is 117 Å². The van der Waals surface area contributed by atoms with Crippen molar-refractivity contribution in [2.45, 2.75) is 111 Å². The molecule has 0 heterocycles. The molecule has 0 bridgehead atoms. The minimum absolute atomic E-state index is 0.0193. The van der Waals surface area contributed by atoms with Gasteiger partial charge in [0.2, 0.25) is 0 Å². The molecule has 0 aliphatic heterocycles. The molecule has 0 saturated heterocycles. The molecule has 0 radical (unpaired) electrons. The quantitative estimate of drug-likeness (QED) is 0.0964. The van der Waals surface area contributed by atoms with E-state index in [-0.39, 0.29) is 39.9 Å². The van der Waals surface area contributed by atoms with Gasteiger partial charge in [-0.05, 0) is 115 Å². The zero-order chi connectivity index (χ0) is 29.6. The molecule has 5 rings (SSSR count). The first-order valence-corrected chi connectivity index (χ1v) is 16.0. The number of unbranched alkanes of at least 4 members (excludes halogenated alkanes) is 1. The van der Waals surface area contributed by atoms with Gasteiger partial charge in [0.05, 0.1) is 11.0 Å². The Morgan fingerprint density at radius 1 is 1.10 bits per heavy atom. The van der Waals surface area contributed by atoms with Gasteiger partial charge >= 0.3 is 0 Å². The zero-order valence-corrected chi connectivity index (χ0v) is 25.6. The van der Waals surface area contributed by atoms with Crippen LogP contribution in [0.25, 0.3) is 0 Å². The third-order valence-corrected chi connectivity index (χ3v) is 12.7. The lowest BCUT2D eigenvalue weighted by atomic mass is 9.52. The number of aliphatic hydroxyl groups is 1. The number of hydrogen-bond donors (Lipinski definition) is 2. The maximum absolute atomic E-state index is 11.7. The standard InChI is InChI=1S/C33H50N4O4/c1-21(2)8-6-7-9-22-10-12-25-30-26(15-16-31(22,25)3)32(4)17-14-24(38)19-33(32,5)27(30)20-34-35-28-13-11-23(36-39)18-29(28)37(40)41/h11,13,18,20-22,24-27,30,35,38H,6-10,12,14-17,19H2,1-5H3/b34-20+/t22-,24-,25?,26?,27+,30?,31+,32+,33-/m0/s1. The number of nitrogens with zero attached hydrogens (tertiary/aromatic N) is 3. The molecule has 4 saturated carbocycles. The van der Waals surface area contributed by atoms with Crippen LogP contribution >= 0.6 is 0 Å². The fourth-order valence-corrected chi connectivity index (χ4v) is 10.4. The minimum atomic E-state index is -0.513. The summed E-state index contributed by atoms with van der Waals surface area (Å²) in [4.78, 5) is 22.1. The second kappa shape index (κ2) is 11.4. The predicted molar refractivity (Wildman–Crippen MR) is 164 cm³/mol. The number of hydrazone groups is 1. The summed E-state index contributed by atoms with van der Waals surface area (Å²) in [5.41, 5.74) is 3.38. The molecule has 3 unspecified atom stereocenters. The molecule has 226 valence electrons. The first kappa shape index (κ1) is 30.1. The van der Waals surface area contributed by atoms with Crippen molar-refractivity contribution in [3.8, 4) is 0 Å². The van der Waals surface area contributed by atoms with Crippen LogP contribution in [0.3, 0.4) is 0 Å². The Balaban J connectivity index is 1.44. The summed E-state index contributed by atoms with van der Waals surface area (Å²) in [5.74, 6) is 3.46. The molecule has 41 heavy (non-hydrogen) atoms. The average molecular weight is 567 g/mol. The summed E-state index contributed by atoms with van der Waals surface area (Å²) in [6.45, 7) is 12.1. The molecule has 8 heteroatoms. The van der Waals surface area contributed by atoms with Gasteiger partial charge in [0.15, 0.2) is 0 Å². The summed E-state index contributed by atoms with van der Waals surface area (Å²) in [5, 5.41) is 30.1. The van der Waals surface area contributed by atoms with E-state index in [1.54, 1.807) is 0 Å². The zero-order valence-electron chi connectivity index (χ0n) is 25.6. The lowest BCUT2D eigenvalue weighted by Crippen LogP contribution is -2.47. The third kappa shape index (κ3) is 5.12. The van der Waals surface area contributed by atoms with Gasteiger partial charge in [-0.1, -0.05) is 53.9 Å². The largest absolute Gasteiger partial charge is 0.393 e. The number of nitro groups is 1. The second-order valence-electron chi connectivity index (χ2n) is 15.0. The first-order valence-electron chi connectivity index (χ1n) is 16.0. The summed E-state index contributed by atoms with van der Waals surface area (Å²) >= 11 is 0. The number of rotatable bonds is 10. The summed E-state index contributed by atoms with van der Waals surface area (Å²) < 4.78 is 0. The van der Waals surface area contributed by atoms with Gasteiger partial charge in [0.25, 0.3) is 5.69 Å². The predicted octanol–water partition coefficient (Wildman–Crippen LogP) is 8.85. The number of nitro benzene ring substituents is 1. The fraction of sp³-hybridized carbons (Fsp3) is 0.788. The molecule has 4 fully saturated rings. The number of anilines is 1. The van der Waals surface area contributed by atoms with Crippen LogP contribution in [0.15, 0.2) is 28.5 Å². The maximum atomic E-state index is 11.7. The van der Waals surface area contributed by atoms with Crippen molar-refractivity contribution in [2.24, 2.45) is 62.0 Å². The van der Waals surface area contributed by atoms with E-state index in [0.717, 1.165) is 31.1 Å². The molecule has 0 aromatic heterocycles. The van der Waals surface area contributed by atoms with Gasteiger partial charge < -0.3 is 5.11 Å². The van der Waals surface area contributed by atoms with Gasteiger partial charge in [0.1, 0.15) is 11.4 Å². The lowest BCUT2D eigenvalue weighted by molar-refractivity contribution is -0.383. The highest BCUT2D eigenvalue weighted by Crippen LogP contribution is 2.75. The Labute approximate surface area is 245 Å². The van der Waals surface area contributed by atoms with Crippen molar-refractivity contribution >= 4 is 23.3 Å². The monoisotopic (exact) mass is 566 g/mol. The number of benzene rings is 1. The highest BCUT2D eigenvalue weighted by molar-refractivity contribution is 5.70. The van der Waals surface area contributed by atoms with Crippen LogP contribution in [-0.4, -0.2) is 22.3 Å². The molecule has 1 aromatic rings. The highest BCUT2D eigenvalue weighted by atomic mass is 16.6. The molecule has 2 N–H and O–H groups in total. The van der Waals surface area contributed by atoms with E-state index >= 15 is 0 Å². The van der Waals surface area contributed by atoms with Gasteiger partial charge in [-0.2, -0.15) is 5.10 Å². The van der Waals surface area contributed by atoms with E-state index < -0.39 is 4.92 Å². The number of aliphatic hydroxyl groups excluding tert-OH is 1. The van der Waals surface area contributed by atoms with Crippen LogP contribution in [0.2, 0.25) is 0 Å². The van der Waals surface area contributed by atoms with Crippen LogP contribution in [0.4, 0.5) is 17.1 Å². The summed E-state index contributed by atoms with van der Waals surface area (Å²) in [7, 11) is 0. The smallest absolute Gasteiger partial charge is 0.296 e. The average Bonchev–Trinajstić information content (AvgIpc) is 3.35. The van der Waals surface area contributed by atoms with E-state index in [4.69, 9.17) is 0 Å². The van der Waals surface area contributed by atoms with Crippen LogP contribution < -0.4 is 5.43 Å². The van der Waals surface area contributed by atoms with Crippen molar-refractivity contribution in [3.05, 3.63) is 33.2 Å². The highest BCUT2D eigenvalue weighted by Gasteiger charge is 2.70. The van der Waals surface area contributed by atoms with Crippen molar-refractivity contribution in [1.29, 1.82) is 0 Å². The maximum Gasteiger partial charge on any atom is 0.296 e. The van der Waals surface area contributed by atoms with Gasteiger partial charge in [-0.25, -0.2) is 0 Å². The Morgan fingerprint density at radius 2 is 1.88 bits per heavy atom. The Morgan fingerprint density at radius 3 is 2.59 bits per heavy atom. The molecule has 4 aliphatic rings. The van der Waals surface area contributed by atoms with Gasteiger partial charge in [-0.3, -0.25) is 15.5 Å². The minimum Gasteiger partial charge on any atom is -0.393 e. The molecule has 0 amide bonds. The number of fused-ring (bicyclic) bond motifs is 5. The summed E-state index contributed by atoms with van der Waals surface area (Å²) in [6.07, 6.45) is 14.8. The van der Waals surface area contributed by atoms with Crippen molar-refractivity contribution in [1.82, 2.24) is 0 Å². The van der Waals surface area contributed by atoms with Crippen molar-refractivity contribution in [2.75, 3.05) is 5.43 Å². The fourth-order valence-electron chi connectivity index (χ4n) is 10.4. The van der Waals surface area contributed by atoms with Gasteiger partial charge in [-0.15, -0.1) is 4.91 Å². The van der Waals surface area contributed by atoms with Crippen LogP contribution in [0.1, 0.15) is 105 Å². The molecule has 9 atom stereocenters. The third-order valence-electron chi connectivity index (χ3n) is 12.7. The Kier molecular flexibility index (Phi) is 8.36. The number of nitroso groups, excluding NO2 is 1. The molecular formula is C33H50N4O4. The SMILES string of the molecule is CC(C)CCCC[C@H]1CCC2C3C(CC[C@@]21C)[C@@]1(C)CC[C@H](O)C[C@@]1(C)[C@@H]3/C=N/Nc1ccc(N=O)cc1[N+](=O)[O-]. The molecule has 0 spiro atoms. The Bertz CT molecular complexity index is 1170. The molecular weight excluding hydrogens is 516 g/mol. The Hall–Kier alpha value is -2.35. The van der Waals surface area contributed by atoms with Crippen LogP contribution in [0.5, 0.6) is 0 Å². The van der Waals surface area contributed by atoms with Crippen molar-refractivity contribution < 1.29 is 10.0 Å². The van der Waals surface area contributed by atoms with Crippen LogP contribution in [-0.2, 0) is 0 Å². The van der Waals surface area contributed by atoms with Gasteiger partial charge in [0, 0.05) is 18.2 Å².